The Morgan fingerprint density at radius 1 is 1.24 bits per heavy atom. The van der Waals surface area contributed by atoms with E-state index < -0.39 is 17.6 Å². The molecular weight excluding hydrogens is 235 g/mol. The van der Waals surface area contributed by atoms with Crippen LogP contribution in [-0.4, -0.2) is 21.3 Å². The lowest BCUT2D eigenvalue weighted by atomic mass is 9.95. The van der Waals surface area contributed by atoms with E-state index in [2.05, 4.69) is 10.3 Å². The summed E-state index contributed by atoms with van der Waals surface area (Å²) in [7, 11) is 0. The molecule has 1 aliphatic rings. The topological polar surface area (TPSA) is 47.8 Å². The van der Waals surface area contributed by atoms with Gasteiger partial charge >= 0.3 is 6.18 Å². The first-order valence-electron chi connectivity index (χ1n) is 5.51. The molecule has 0 radical (unpaired) electrons. The molecule has 0 spiro atoms. The largest absolute Gasteiger partial charge is 0.435 e. The second-order valence-electron chi connectivity index (χ2n) is 4.18. The van der Waals surface area contributed by atoms with Crippen LogP contribution in [0.5, 0.6) is 0 Å². The minimum Gasteiger partial charge on any atom is -0.296 e. The smallest absolute Gasteiger partial charge is 0.296 e. The number of nitrogens with zero attached hydrogens (tertiary/aromatic N) is 3. The number of carbonyl (C=O) groups excluding carboxylic acids is 1. The molecule has 0 aromatic carbocycles. The molecule has 94 valence electrons. The van der Waals surface area contributed by atoms with Gasteiger partial charge in [-0.2, -0.15) is 13.2 Å². The van der Waals surface area contributed by atoms with Gasteiger partial charge in [0.05, 0.1) is 6.04 Å². The lowest BCUT2D eigenvalue weighted by Gasteiger charge is -2.23. The number of halogens is 3. The van der Waals surface area contributed by atoms with Crippen molar-refractivity contribution in [1.82, 2.24) is 15.0 Å². The SMILES string of the molecule is O=Cc1nnn(C2CCCCC2)c1C(F)(F)F. The van der Waals surface area contributed by atoms with Gasteiger partial charge in [-0.25, -0.2) is 4.68 Å². The van der Waals surface area contributed by atoms with Crippen LogP contribution in [0.2, 0.25) is 0 Å². The summed E-state index contributed by atoms with van der Waals surface area (Å²) in [5, 5.41) is 6.79. The molecule has 0 atom stereocenters. The molecule has 1 fully saturated rings. The highest BCUT2D eigenvalue weighted by Gasteiger charge is 2.41. The van der Waals surface area contributed by atoms with Crippen molar-refractivity contribution in [1.29, 1.82) is 0 Å². The van der Waals surface area contributed by atoms with Gasteiger partial charge in [-0.1, -0.05) is 24.5 Å². The van der Waals surface area contributed by atoms with Crippen LogP contribution in [0.1, 0.15) is 54.3 Å². The van der Waals surface area contributed by atoms with Crippen molar-refractivity contribution in [3.8, 4) is 0 Å². The fourth-order valence-corrected chi connectivity index (χ4v) is 2.24. The van der Waals surface area contributed by atoms with Gasteiger partial charge in [0.15, 0.2) is 17.7 Å². The molecule has 0 amide bonds. The maximum Gasteiger partial charge on any atom is 0.435 e. The van der Waals surface area contributed by atoms with Gasteiger partial charge in [0.2, 0.25) is 0 Å². The Hall–Kier alpha value is -1.40. The van der Waals surface area contributed by atoms with Crippen LogP contribution in [-0.2, 0) is 6.18 Å². The van der Waals surface area contributed by atoms with Crippen LogP contribution >= 0.6 is 0 Å². The average molecular weight is 247 g/mol. The van der Waals surface area contributed by atoms with Crippen LogP contribution in [0.25, 0.3) is 0 Å². The van der Waals surface area contributed by atoms with E-state index in [1.165, 1.54) is 0 Å². The predicted octanol–water partition coefficient (Wildman–Crippen LogP) is 2.61. The van der Waals surface area contributed by atoms with Gasteiger partial charge in [-0.05, 0) is 12.8 Å². The van der Waals surface area contributed by atoms with E-state index in [0.29, 0.717) is 12.8 Å². The second-order valence-corrected chi connectivity index (χ2v) is 4.18. The number of alkyl halides is 3. The molecule has 1 saturated carbocycles. The molecule has 7 heteroatoms. The van der Waals surface area contributed by atoms with E-state index in [1.807, 2.05) is 0 Å². The van der Waals surface area contributed by atoms with E-state index in [0.717, 1.165) is 23.9 Å². The minimum atomic E-state index is -4.59. The maximum absolute atomic E-state index is 12.8. The lowest BCUT2D eigenvalue weighted by Crippen LogP contribution is -2.22. The van der Waals surface area contributed by atoms with Gasteiger partial charge in [0.25, 0.3) is 0 Å². The summed E-state index contributed by atoms with van der Waals surface area (Å²) in [6, 6.07) is -0.290. The zero-order valence-electron chi connectivity index (χ0n) is 9.07. The molecule has 0 unspecified atom stereocenters. The molecule has 2 rings (SSSR count). The van der Waals surface area contributed by atoms with Gasteiger partial charge < -0.3 is 0 Å². The highest BCUT2D eigenvalue weighted by atomic mass is 19.4. The summed E-state index contributed by atoms with van der Waals surface area (Å²) in [5.41, 5.74) is -1.64. The number of rotatable bonds is 2. The van der Waals surface area contributed by atoms with Gasteiger partial charge in [-0.15, -0.1) is 5.10 Å². The summed E-state index contributed by atoms with van der Waals surface area (Å²) in [6.45, 7) is 0. The van der Waals surface area contributed by atoms with Crippen LogP contribution in [0, 0.1) is 0 Å². The maximum atomic E-state index is 12.8. The first-order valence-corrected chi connectivity index (χ1v) is 5.51. The number of aromatic nitrogens is 3. The minimum absolute atomic E-state index is 0.106. The van der Waals surface area contributed by atoms with Gasteiger partial charge in [-0.3, -0.25) is 4.79 Å². The summed E-state index contributed by atoms with van der Waals surface area (Å²) in [5.74, 6) is 0. The van der Waals surface area contributed by atoms with E-state index in [-0.39, 0.29) is 12.3 Å². The molecule has 17 heavy (non-hydrogen) atoms. The monoisotopic (exact) mass is 247 g/mol. The second kappa shape index (κ2) is 4.46. The molecule has 0 bridgehead atoms. The molecule has 1 aromatic heterocycles. The van der Waals surface area contributed by atoms with Crippen LogP contribution < -0.4 is 0 Å². The molecule has 0 aliphatic heterocycles. The number of aldehydes is 1. The van der Waals surface area contributed by atoms with Gasteiger partial charge in [0, 0.05) is 0 Å². The highest BCUT2D eigenvalue weighted by Crippen LogP contribution is 2.35. The van der Waals surface area contributed by atoms with Crippen molar-refractivity contribution in [3.05, 3.63) is 11.4 Å². The standard InChI is InChI=1S/C10H12F3N3O/c11-10(12,13)9-8(6-17)14-15-16(9)7-4-2-1-3-5-7/h6-7H,1-5H2. The lowest BCUT2D eigenvalue weighted by molar-refractivity contribution is -0.145. The Kier molecular flexibility index (Phi) is 3.17. The molecule has 1 aliphatic carbocycles. The zero-order valence-corrected chi connectivity index (χ0v) is 9.07. The first-order chi connectivity index (χ1) is 8.04. The number of hydrogen-bond donors (Lipinski definition) is 0. The molecule has 1 aromatic rings. The van der Waals surface area contributed by atoms with Crippen molar-refractivity contribution in [2.75, 3.05) is 0 Å². The summed E-state index contributed by atoms with van der Waals surface area (Å²) < 4.78 is 39.4. The summed E-state index contributed by atoms with van der Waals surface area (Å²) >= 11 is 0. The fraction of sp³-hybridized carbons (Fsp3) is 0.700. The summed E-state index contributed by atoms with van der Waals surface area (Å²) in [6.07, 6.45) is -0.356. The van der Waals surface area contributed by atoms with Crippen LogP contribution in [0.3, 0.4) is 0 Å². The number of carbonyl (C=O) groups is 1. The van der Waals surface area contributed by atoms with E-state index in [1.54, 1.807) is 0 Å². The van der Waals surface area contributed by atoms with Crippen molar-refractivity contribution in [3.63, 3.8) is 0 Å². The molecular formula is C10H12F3N3O. The third-order valence-corrected chi connectivity index (χ3v) is 3.02. The Morgan fingerprint density at radius 2 is 1.88 bits per heavy atom. The Morgan fingerprint density at radius 3 is 2.41 bits per heavy atom. The molecule has 0 saturated heterocycles. The molecule has 4 nitrogen and oxygen atoms in total. The summed E-state index contributed by atoms with van der Waals surface area (Å²) in [4.78, 5) is 10.6. The van der Waals surface area contributed by atoms with Crippen molar-refractivity contribution in [2.45, 2.75) is 44.3 Å². The van der Waals surface area contributed by atoms with Crippen molar-refractivity contribution < 1.29 is 18.0 Å². The van der Waals surface area contributed by atoms with Crippen LogP contribution in [0.15, 0.2) is 0 Å². The zero-order chi connectivity index (χ0) is 12.5. The van der Waals surface area contributed by atoms with E-state index in [4.69, 9.17) is 0 Å². The molecule has 1 heterocycles. The Labute approximate surface area is 95.8 Å². The first kappa shape index (κ1) is 12.1. The predicted molar refractivity (Wildman–Crippen MR) is 52.5 cm³/mol. The average Bonchev–Trinajstić information content (AvgIpc) is 2.73. The van der Waals surface area contributed by atoms with Crippen LogP contribution in [0.4, 0.5) is 13.2 Å². The normalized spacial score (nSPS) is 18.3. The fourth-order valence-electron chi connectivity index (χ4n) is 2.24. The highest BCUT2D eigenvalue weighted by molar-refractivity contribution is 5.73. The molecule has 0 N–H and O–H groups in total. The quantitative estimate of drug-likeness (QED) is 0.755. The van der Waals surface area contributed by atoms with E-state index in [9.17, 15) is 18.0 Å². The number of hydrogen-bond acceptors (Lipinski definition) is 3. The Bertz CT molecular complexity index is 407. The van der Waals surface area contributed by atoms with Crippen molar-refractivity contribution >= 4 is 6.29 Å². The van der Waals surface area contributed by atoms with Gasteiger partial charge in [0.1, 0.15) is 0 Å². The third-order valence-electron chi connectivity index (χ3n) is 3.02. The Balaban J connectivity index is 2.39. The third kappa shape index (κ3) is 2.32. The van der Waals surface area contributed by atoms with E-state index >= 15 is 0 Å². The van der Waals surface area contributed by atoms with Crippen molar-refractivity contribution in [2.24, 2.45) is 0 Å².